The summed E-state index contributed by atoms with van der Waals surface area (Å²) in [4.78, 5) is 14.5. The van der Waals surface area contributed by atoms with Crippen LogP contribution in [0.3, 0.4) is 0 Å². The zero-order valence-corrected chi connectivity index (χ0v) is 13.9. The van der Waals surface area contributed by atoms with E-state index in [2.05, 4.69) is 10.2 Å². The number of phenols is 1. The van der Waals surface area contributed by atoms with Crippen molar-refractivity contribution in [3.8, 4) is 5.75 Å². The fourth-order valence-corrected chi connectivity index (χ4v) is 2.85. The summed E-state index contributed by atoms with van der Waals surface area (Å²) in [5.41, 5.74) is 2.48. The number of nitrogens with zero attached hydrogens (tertiary/aromatic N) is 1. The van der Waals surface area contributed by atoms with Crippen molar-refractivity contribution >= 4 is 28.9 Å². The number of carbonyl (C=O) groups is 1. The van der Waals surface area contributed by atoms with Crippen LogP contribution in [0.5, 0.6) is 5.75 Å². The standard InChI is InChI=1S/C18H19ClN2O3/c19-14-3-6-17(21-7-9-24-10-8-21)16(12-14)20-18(23)11-13-1-4-15(22)5-2-13/h1-6,12,22H,7-11H2,(H,20,23). The highest BCUT2D eigenvalue weighted by molar-refractivity contribution is 6.31. The number of phenolic OH excluding ortho intramolecular Hbond substituents is 1. The van der Waals surface area contributed by atoms with Gasteiger partial charge in [0, 0.05) is 18.1 Å². The van der Waals surface area contributed by atoms with Gasteiger partial charge in [0.15, 0.2) is 0 Å². The highest BCUT2D eigenvalue weighted by Gasteiger charge is 2.16. The second-order valence-electron chi connectivity index (χ2n) is 5.65. The highest BCUT2D eigenvalue weighted by Crippen LogP contribution is 2.30. The third kappa shape index (κ3) is 4.19. The molecule has 0 bridgehead atoms. The van der Waals surface area contributed by atoms with Crippen molar-refractivity contribution < 1.29 is 14.6 Å². The van der Waals surface area contributed by atoms with Gasteiger partial charge in [-0.25, -0.2) is 0 Å². The fourth-order valence-electron chi connectivity index (χ4n) is 2.68. The fraction of sp³-hybridized carbons (Fsp3) is 0.278. The summed E-state index contributed by atoms with van der Waals surface area (Å²) in [6.45, 7) is 2.90. The molecule has 3 rings (SSSR count). The molecule has 2 N–H and O–H groups in total. The average molecular weight is 347 g/mol. The number of rotatable bonds is 4. The summed E-state index contributed by atoms with van der Waals surface area (Å²) < 4.78 is 5.38. The molecule has 0 radical (unpaired) electrons. The van der Waals surface area contributed by atoms with Gasteiger partial charge in [0.2, 0.25) is 5.91 Å². The van der Waals surface area contributed by atoms with Crippen LogP contribution in [0, 0.1) is 0 Å². The number of amides is 1. The first-order valence-electron chi connectivity index (χ1n) is 7.82. The van der Waals surface area contributed by atoms with Gasteiger partial charge >= 0.3 is 0 Å². The molecule has 0 aliphatic carbocycles. The molecule has 24 heavy (non-hydrogen) atoms. The number of hydrogen-bond acceptors (Lipinski definition) is 4. The van der Waals surface area contributed by atoms with Gasteiger partial charge in [-0.2, -0.15) is 0 Å². The van der Waals surface area contributed by atoms with Gasteiger partial charge in [-0.05, 0) is 35.9 Å². The maximum atomic E-state index is 12.4. The van der Waals surface area contributed by atoms with Crippen molar-refractivity contribution in [2.45, 2.75) is 6.42 Å². The average Bonchev–Trinajstić information content (AvgIpc) is 2.58. The minimum absolute atomic E-state index is 0.127. The summed E-state index contributed by atoms with van der Waals surface area (Å²) in [5.74, 6) is 0.0565. The number of aromatic hydroxyl groups is 1. The van der Waals surface area contributed by atoms with Crippen molar-refractivity contribution in [1.82, 2.24) is 0 Å². The van der Waals surface area contributed by atoms with Crippen LogP contribution in [-0.2, 0) is 16.0 Å². The molecule has 1 heterocycles. The summed E-state index contributed by atoms with van der Waals surface area (Å²) in [6.07, 6.45) is 0.231. The molecule has 5 nitrogen and oxygen atoms in total. The van der Waals surface area contributed by atoms with Crippen molar-refractivity contribution in [3.63, 3.8) is 0 Å². The Bertz CT molecular complexity index is 713. The minimum atomic E-state index is -0.127. The molecule has 0 saturated carbocycles. The lowest BCUT2D eigenvalue weighted by Gasteiger charge is -2.30. The summed E-state index contributed by atoms with van der Waals surface area (Å²) in [7, 11) is 0. The molecule has 6 heteroatoms. The number of carbonyl (C=O) groups excluding carboxylic acids is 1. The first-order valence-corrected chi connectivity index (χ1v) is 8.19. The largest absolute Gasteiger partial charge is 0.508 e. The van der Waals surface area contributed by atoms with Gasteiger partial charge < -0.3 is 20.1 Å². The summed E-state index contributed by atoms with van der Waals surface area (Å²) in [5, 5.41) is 12.8. The van der Waals surface area contributed by atoms with Crippen molar-refractivity contribution in [2.24, 2.45) is 0 Å². The molecule has 0 spiro atoms. The molecule has 1 amide bonds. The van der Waals surface area contributed by atoms with E-state index in [1.54, 1.807) is 30.3 Å². The van der Waals surface area contributed by atoms with E-state index >= 15 is 0 Å². The van der Waals surface area contributed by atoms with E-state index in [0.717, 1.165) is 24.3 Å². The number of morpholine rings is 1. The molecule has 0 aromatic heterocycles. The molecular weight excluding hydrogens is 328 g/mol. The second kappa shape index (κ2) is 7.55. The van der Waals surface area contributed by atoms with E-state index in [1.807, 2.05) is 12.1 Å². The Morgan fingerprint density at radius 2 is 1.88 bits per heavy atom. The van der Waals surface area contributed by atoms with E-state index < -0.39 is 0 Å². The molecule has 0 unspecified atom stereocenters. The third-order valence-corrected chi connectivity index (χ3v) is 4.12. The first kappa shape index (κ1) is 16.6. The highest BCUT2D eigenvalue weighted by atomic mass is 35.5. The molecule has 2 aromatic rings. The van der Waals surface area contributed by atoms with Gasteiger partial charge in [-0.3, -0.25) is 4.79 Å². The minimum Gasteiger partial charge on any atom is -0.508 e. The molecular formula is C18H19ClN2O3. The lowest BCUT2D eigenvalue weighted by atomic mass is 10.1. The number of ether oxygens (including phenoxy) is 1. The number of hydrogen-bond donors (Lipinski definition) is 2. The van der Waals surface area contributed by atoms with Gasteiger partial charge in [0.25, 0.3) is 0 Å². The smallest absolute Gasteiger partial charge is 0.228 e. The number of benzene rings is 2. The van der Waals surface area contributed by atoms with Gasteiger partial charge in [-0.1, -0.05) is 23.7 Å². The lowest BCUT2D eigenvalue weighted by Crippen LogP contribution is -2.36. The van der Waals surface area contributed by atoms with Crippen molar-refractivity contribution in [2.75, 3.05) is 36.5 Å². The molecule has 2 aromatic carbocycles. The SMILES string of the molecule is O=C(Cc1ccc(O)cc1)Nc1cc(Cl)ccc1N1CCOCC1. The van der Waals surface area contributed by atoms with E-state index in [-0.39, 0.29) is 18.1 Å². The van der Waals surface area contributed by atoms with Crippen LogP contribution in [0.4, 0.5) is 11.4 Å². The van der Waals surface area contributed by atoms with Gasteiger partial charge in [0.05, 0.1) is 31.0 Å². The number of halogens is 1. The van der Waals surface area contributed by atoms with Gasteiger partial charge in [-0.15, -0.1) is 0 Å². The first-order chi connectivity index (χ1) is 11.6. The number of nitrogens with one attached hydrogen (secondary N) is 1. The molecule has 1 aliphatic heterocycles. The Kier molecular flexibility index (Phi) is 5.23. The van der Waals surface area contributed by atoms with E-state index in [9.17, 15) is 9.90 Å². The van der Waals surface area contributed by atoms with Crippen LogP contribution >= 0.6 is 11.6 Å². The van der Waals surface area contributed by atoms with E-state index in [0.29, 0.717) is 23.9 Å². The lowest BCUT2D eigenvalue weighted by molar-refractivity contribution is -0.115. The quantitative estimate of drug-likeness (QED) is 0.893. The molecule has 0 atom stereocenters. The van der Waals surface area contributed by atoms with Crippen molar-refractivity contribution in [1.29, 1.82) is 0 Å². The molecule has 126 valence electrons. The van der Waals surface area contributed by atoms with Crippen LogP contribution in [0.2, 0.25) is 5.02 Å². The monoisotopic (exact) mass is 346 g/mol. The Hall–Kier alpha value is -2.24. The molecule has 1 saturated heterocycles. The maximum absolute atomic E-state index is 12.4. The Morgan fingerprint density at radius 1 is 1.17 bits per heavy atom. The second-order valence-corrected chi connectivity index (χ2v) is 6.09. The van der Waals surface area contributed by atoms with Crippen molar-refractivity contribution in [3.05, 3.63) is 53.1 Å². The third-order valence-electron chi connectivity index (χ3n) is 3.89. The van der Waals surface area contributed by atoms with Crippen LogP contribution in [0.15, 0.2) is 42.5 Å². The predicted molar refractivity (Wildman–Crippen MR) is 94.9 cm³/mol. The Morgan fingerprint density at radius 3 is 2.58 bits per heavy atom. The normalized spacial score (nSPS) is 14.5. The van der Waals surface area contributed by atoms with Gasteiger partial charge in [0.1, 0.15) is 5.75 Å². The van der Waals surface area contributed by atoms with E-state index in [4.69, 9.17) is 16.3 Å². The van der Waals surface area contributed by atoms with Crippen LogP contribution in [0.1, 0.15) is 5.56 Å². The summed E-state index contributed by atoms with van der Waals surface area (Å²) in [6, 6.07) is 12.1. The van der Waals surface area contributed by atoms with E-state index in [1.165, 1.54) is 0 Å². The van der Waals surface area contributed by atoms with Crippen LogP contribution < -0.4 is 10.2 Å². The summed E-state index contributed by atoms with van der Waals surface area (Å²) >= 11 is 6.09. The van der Waals surface area contributed by atoms with Crippen LogP contribution in [-0.4, -0.2) is 37.3 Å². The zero-order valence-electron chi connectivity index (χ0n) is 13.2. The Labute approximate surface area is 145 Å². The predicted octanol–water partition coefficient (Wildman–Crippen LogP) is 3.06. The number of anilines is 2. The van der Waals surface area contributed by atoms with Crippen LogP contribution in [0.25, 0.3) is 0 Å². The Balaban J connectivity index is 1.74. The molecule has 1 aliphatic rings. The zero-order chi connectivity index (χ0) is 16.9. The molecule has 1 fully saturated rings. The maximum Gasteiger partial charge on any atom is 0.228 e. The topological polar surface area (TPSA) is 61.8 Å².